The Kier molecular flexibility index (Phi) is 3.49. The van der Waals surface area contributed by atoms with E-state index >= 15 is 0 Å². The first-order chi connectivity index (χ1) is 9.75. The summed E-state index contributed by atoms with van der Waals surface area (Å²) in [6.07, 6.45) is 4.98. The van der Waals surface area contributed by atoms with Crippen LogP contribution in [0.3, 0.4) is 0 Å². The van der Waals surface area contributed by atoms with Crippen LogP contribution in [0.5, 0.6) is 0 Å². The molecule has 3 nitrogen and oxygen atoms in total. The summed E-state index contributed by atoms with van der Waals surface area (Å²) in [5.74, 6) is 0.579. The third-order valence-electron chi connectivity index (χ3n) is 6.16. The number of nitrogens with one attached hydrogen (secondary N) is 1. The molecule has 1 aromatic rings. The number of hydrogen-bond donors (Lipinski definition) is 1. The maximum absolute atomic E-state index is 12.4. The molecule has 1 aromatic heterocycles. The first-order valence-electron chi connectivity index (χ1n) is 7.37. The lowest BCUT2D eigenvalue weighted by molar-refractivity contribution is 0.0826. The van der Waals surface area contributed by atoms with Crippen LogP contribution in [0, 0.1) is 16.7 Å². The van der Waals surface area contributed by atoms with Crippen LogP contribution in [0.2, 0.25) is 10.2 Å². The van der Waals surface area contributed by atoms with Crippen molar-refractivity contribution < 1.29 is 4.79 Å². The standard InChI is InChI=1S/C16H20Cl2N2O/c1-15(2)10-4-5-16(15,3)12(7-10)20-14(21)9-6-11(17)13(18)19-8-9/h6,8,10,12H,4-5,7H2,1-3H3,(H,20,21). The van der Waals surface area contributed by atoms with Gasteiger partial charge < -0.3 is 5.32 Å². The normalized spacial score (nSPS) is 33.2. The Morgan fingerprint density at radius 3 is 2.62 bits per heavy atom. The van der Waals surface area contributed by atoms with Crippen LogP contribution in [-0.2, 0) is 0 Å². The van der Waals surface area contributed by atoms with Crippen molar-refractivity contribution in [1.29, 1.82) is 0 Å². The van der Waals surface area contributed by atoms with Gasteiger partial charge in [0.2, 0.25) is 0 Å². The molecule has 114 valence electrons. The molecule has 0 spiro atoms. The molecular weight excluding hydrogens is 307 g/mol. The van der Waals surface area contributed by atoms with Crippen molar-refractivity contribution in [2.75, 3.05) is 0 Å². The molecule has 0 aromatic carbocycles. The van der Waals surface area contributed by atoms with Crippen molar-refractivity contribution in [2.45, 2.75) is 46.1 Å². The summed E-state index contributed by atoms with van der Waals surface area (Å²) in [5, 5.41) is 3.72. The Morgan fingerprint density at radius 1 is 1.38 bits per heavy atom. The Hall–Kier alpha value is -0.800. The number of pyridine rings is 1. The number of rotatable bonds is 2. The Morgan fingerprint density at radius 2 is 2.10 bits per heavy atom. The second-order valence-corrected chi connectivity index (χ2v) is 7.90. The zero-order chi connectivity index (χ0) is 15.4. The predicted octanol–water partition coefficient (Wildman–Crippen LogP) is 4.33. The summed E-state index contributed by atoms with van der Waals surface area (Å²) >= 11 is 11.7. The Labute approximate surface area is 135 Å². The van der Waals surface area contributed by atoms with Gasteiger partial charge in [-0.3, -0.25) is 4.79 Å². The van der Waals surface area contributed by atoms with Gasteiger partial charge in [0, 0.05) is 12.2 Å². The van der Waals surface area contributed by atoms with E-state index in [4.69, 9.17) is 23.2 Å². The van der Waals surface area contributed by atoms with Crippen LogP contribution in [0.4, 0.5) is 0 Å². The van der Waals surface area contributed by atoms with Crippen LogP contribution < -0.4 is 5.32 Å². The molecule has 0 aliphatic heterocycles. The summed E-state index contributed by atoms with van der Waals surface area (Å²) in [6.45, 7) is 6.97. The van der Waals surface area contributed by atoms with Crippen molar-refractivity contribution in [2.24, 2.45) is 16.7 Å². The summed E-state index contributed by atoms with van der Waals surface area (Å²) in [7, 11) is 0. The minimum Gasteiger partial charge on any atom is -0.349 e. The minimum absolute atomic E-state index is 0.115. The molecule has 0 radical (unpaired) electrons. The van der Waals surface area contributed by atoms with Gasteiger partial charge in [-0.15, -0.1) is 0 Å². The average Bonchev–Trinajstić information content (AvgIpc) is 2.75. The van der Waals surface area contributed by atoms with Crippen LogP contribution >= 0.6 is 23.2 Å². The molecule has 1 N–H and O–H groups in total. The summed E-state index contributed by atoms with van der Waals surface area (Å²) < 4.78 is 0. The molecule has 2 bridgehead atoms. The summed E-state index contributed by atoms with van der Waals surface area (Å²) in [6, 6.07) is 1.79. The number of fused-ring (bicyclic) bond motifs is 2. The molecule has 0 saturated heterocycles. The maximum Gasteiger partial charge on any atom is 0.253 e. The highest BCUT2D eigenvalue weighted by Gasteiger charge is 2.61. The number of amides is 1. The highest BCUT2D eigenvalue weighted by atomic mass is 35.5. The van der Waals surface area contributed by atoms with E-state index in [0.29, 0.717) is 16.5 Å². The van der Waals surface area contributed by atoms with Crippen molar-refractivity contribution in [3.8, 4) is 0 Å². The number of aromatic nitrogens is 1. The Balaban J connectivity index is 1.79. The van der Waals surface area contributed by atoms with Crippen LogP contribution in [0.15, 0.2) is 12.3 Å². The van der Waals surface area contributed by atoms with Gasteiger partial charge in [-0.25, -0.2) is 4.98 Å². The zero-order valence-electron chi connectivity index (χ0n) is 12.5. The van der Waals surface area contributed by atoms with E-state index in [1.807, 2.05) is 0 Å². The fourth-order valence-corrected chi connectivity index (χ4v) is 4.48. The van der Waals surface area contributed by atoms with Gasteiger partial charge in [-0.2, -0.15) is 0 Å². The lowest BCUT2D eigenvalue weighted by atomic mass is 9.69. The first-order valence-corrected chi connectivity index (χ1v) is 8.13. The van der Waals surface area contributed by atoms with Gasteiger partial charge in [-0.1, -0.05) is 44.0 Å². The smallest absolute Gasteiger partial charge is 0.253 e. The van der Waals surface area contributed by atoms with Gasteiger partial charge in [0.05, 0.1) is 10.6 Å². The molecule has 21 heavy (non-hydrogen) atoms. The molecule has 1 heterocycles. The molecule has 5 heteroatoms. The topological polar surface area (TPSA) is 42.0 Å². The fraction of sp³-hybridized carbons (Fsp3) is 0.625. The molecule has 2 aliphatic carbocycles. The van der Waals surface area contributed by atoms with E-state index in [1.165, 1.54) is 19.0 Å². The molecule has 3 unspecified atom stereocenters. The molecule has 2 aliphatic rings. The largest absolute Gasteiger partial charge is 0.349 e. The minimum atomic E-state index is -0.115. The number of halogens is 2. The van der Waals surface area contributed by atoms with Gasteiger partial charge in [0.15, 0.2) is 0 Å². The third kappa shape index (κ3) is 2.17. The van der Waals surface area contributed by atoms with E-state index < -0.39 is 0 Å². The second-order valence-electron chi connectivity index (χ2n) is 7.13. The van der Waals surface area contributed by atoms with E-state index in [-0.39, 0.29) is 27.9 Å². The lowest BCUT2D eigenvalue weighted by Gasteiger charge is -2.39. The quantitative estimate of drug-likeness (QED) is 0.822. The lowest BCUT2D eigenvalue weighted by Crippen LogP contribution is -2.46. The SMILES string of the molecule is CC1(C)C2CCC1(C)C(NC(=O)c1cnc(Cl)c(Cl)c1)C2. The van der Waals surface area contributed by atoms with Gasteiger partial charge in [0.1, 0.15) is 5.15 Å². The van der Waals surface area contributed by atoms with Crippen molar-refractivity contribution in [3.05, 3.63) is 28.0 Å². The molecule has 3 rings (SSSR count). The molecule has 2 fully saturated rings. The van der Waals surface area contributed by atoms with Crippen LogP contribution in [0.1, 0.15) is 50.4 Å². The van der Waals surface area contributed by atoms with Gasteiger partial charge in [-0.05, 0) is 42.1 Å². The number of carbonyl (C=O) groups is 1. The highest BCUT2D eigenvalue weighted by Crippen LogP contribution is 2.65. The first kappa shape index (κ1) is 15.1. The maximum atomic E-state index is 12.4. The zero-order valence-corrected chi connectivity index (χ0v) is 14.1. The average molecular weight is 327 g/mol. The predicted molar refractivity (Wildman–Crippen MR) is 84.7 cm³/mol. The fourth-order valence-electron chi connectivity index (χ4n) is 4.21. The van der Waals surface area contributed by atoms with Crippen molar-refractivity contribution in [1.82, 2.24) is 10.3 Å². The molecule has 3 atom stereocenters. The highest BCUT2D eigenvalue weighted by molar-refractivity contribution is 6.41. The third-order valence-corrected chi connectivity index (χ3v) is 6.84. The van der Waals surface area contributed by atoms with E-state index in [9.17, 15) is 4.79 Å². The molecule has 1 amide bonds. The van der Waals surface area contributed by atoms with E-state index in [0.717, 1.165) is 6.42 Å². The number of nitrogens with zero attached hydrogens (tertiary/aromatic N) is 1. The van der Waals surface area contributed by atoms with Crippen LogP contribution in [-0.4, -0.2) is 16.9 Å². The van der Waals surface area contributed by atoms with E-state index in [1.54, 1.807) is 6.07 Å². The molecule has 2 saturated carbocycles. The van der Waals surface area contributed by atoms with Gasteiger partial charge >= 0.3 is 0 Å². The second kappa shape index (κ2) is 4.85. The number of carbonyl (C=O) groups excluding carboxylic acids is 1. The molecular formula is C16H20Cl2N2O. The van der Waals surface area contributed by atoms with E-state index in [2.05, 4.69) is 31.1 Å². The summed E-state index contributed by atoms with van der Waals surface area (Å²) in [4.78, 5) is 16.4. The monoisotopic (exact) mass is 326 g/mol. The van der Waals surface area contributed by atoms with Crippen molar-refractivity contribution in [3.63, 3.8) is 0 Å². The van der Waals surface area contributed by atoms with Crippen molar-refractivity contribution >= 4 is 29.1 Å². The van der Waals surface area contributed by atoms with Gasteiger partial charge in [0.25, 0.3) is 5.91 Å². The number of hydrogen-bond acceptors (Lipinski definition) is 2. The summed E-state index contributed by atoms with van der Waals surface area (Å²) in [5.41, 5.74) is 0.909. The van der Waals surface area contributed by atoms with Crippen LogP contribution in [0.25, 0.3) is 0 Å². The Bertz CT molecular complexity index is 602.